The molecule has 1 heterocycles. The van der Waals surface area contributed by atoms with Crippen molar-refractivity contribution in [3.63, 3.8) is 0 Å². The Labute approximate surface area is 108 Å². The standard InChI is InChI=1S/C14H22N2O2/c1-10(15)7-16-8-14(2,3)11-4-5-12-13(6-11)18-9-17-12/h4-6,10,16H,7-9,15H2,1-3H3. The quantitative estimate of drug-likeness (QED) is 0.834. The molecule has 0 aromatic heterocycles. The highest BCUT2D eigenvalue weighted by molar-refractivity contribution is 5.46. The first kappa shape index (κ1) is 13.2. The second kappa shape index (κ2) is 5.16. The maximum absolute atomic E-state index is 5.74. The first-order valence-corrected chi connectivity index (χ1v) is 6.35. The van der Waals surface area contributed by atoms with Crippen molar-refractivity contribution in [1.82, 2.24) is 5.32 Å². The molecule has 0 amide bonds. The van der Waals surface area contributed by atoms with Gasteiger partial charge in [-0.15, -0.1) is 0 Å². The summed E-state index contributed by atoms with van der Waals surface area (Å²) in [4.78, 5) is 0. The molecule has 1 aromatic rings. The van der Waals surface area contributed by atoms with Crippen LogP contribution in [0.1, 0.15) is 26.3 Å². The first-order valence-electron chi connectivity index (χ1n) is 6.35. The average molecular weight is 250 g/mol. The van der Waals surface area contributed by atoms with Gasteiger partial charge >= 0.3 is 0 Å². The number of fused-ring (bicyclic) bond motifs is 1. The van der Waals surface area contributed by atoms with E-state index in [2.05, 4.69) is 31.3 Å². The fourth-order valence-electron chi connectivity index (χ4n) is 2.03. The van der Waals surface area contributed by atoms with Crippen molar-refractivity contribution in [2.45, 2.75) is 32.2 Å². The van der Waals surface area contributed by atoms with E-state index in [-0.39, 0.29) is 11.5 Å². The lowest BCUT2D eigenvalue weighted by molar-refractivity contribution is 0.174. The molecule has 0 spiro atoms. The van der Waals surface area contributed by atoms with Crippen LogP contribution in [0.15, 0.2) is 18.2 Å². The molecule has 2 rings (SSSR count). The Morgan fingerprint density at radius 2 is 2.06 bits per heavy atom. The summed E-state index contributed by atoms with van der Waals surface area (Å²) in [6, 6.07) is 6.32. The number of hydrogen-bond donors (Lipinski definition) is 2. The maximum atomic E-state index is 5.74. The van der Waals surface area contributed by atoms with Gasteiger partial charge in [-0.05, 0) is 24.6 Å². The number of hydrogen-bond acceptors (Lipinski definition) is 4. The van der Waals surface area contributed by atoms with E-state index in [1.54, 1.807) is 0 Å². The minimum absolute atomic E-state index is 0.0376. The Morgan fingerprint density at radius 1 is 1.33 bits per heavy atom. The lowest BCUT2D eigenvalue weighted by Gasteiger charge is -2.26. The normalized spacial score (nSPS) is 15.8. The summed E-state index contributed by atoms with van der Waals surface area (Å²) in [5, 5.41) is 3.39. The summed E-state index contributed by atoms with van der Waals surface area (Å²) in [5.41, 5.74) is 7.01. The van der Waals surface area contributed by atoms with E-state index in [1.807, 2.05) is 13.0 Å². The molecule has 18 heavy (non-hydrogen) atoms. The zero-order valence-electron chi connectivity index (χ0n) is 11.3. The molecule has 0 saturated heterocycles. The highest BCUT2D eigenvalue weighted by Crippen LogP contribution is 2.36. The number of ether oxygens (including phenoxy) is 2. The van der Waals surface area contributed by atoms with Gasteiger partial charge in [-0.2, -0.15) is 0 Å². The molecule has 1 aromatic carbocycles. The summed E-state index contributed by atoms with van der Waals surface area (Å²) >= 11 is 0. The SMILES string of the molecule is CC(N)CNCC(C)(C)c1ccc2c(c1)OCO2. The van der Waals surface area contributed by atoms with Gasteiger partial charge in [0.15, 0.2) is 11.5 Å². The number of rotatable bonds is 5. The third kappa shape index (κ3) is 2.94. The van der Waals surface area contributed by atoms with Crippen LogP contribution in [0.3, 0.4) is 0 Å². The van der Waals surface area contributed by atoms with Crippen molar-refractivity contribution in [2.24, 2.45) is 5.73 Å². The lowest BCUT2D eigenvalue weighted by atomic mass is 9.84. The van der Waals surface area contributed by atoms with Crippen LogP contribution in [0.2, 0.25) is 0 Å². The van der Waals surface area contributed by atoms with E-state index in [0.29, 0.717) is 6.79 Å². The van der Waals surface area contributed by atoms with E-state index in [1.165, 1.54) is 5.56 Å². The van der Waals surface area contributed by atoms with Crippen LogP contribution in [0.25, 0.3) is 0 Å². The van der Waals surface area contributed by atoms with Crippen molar-refractivity contribution in [2.75, 3.05) is 19.9 Å². The van der Waals surface area contributed by atoms with Crippen LogP contribution in [0, 0.1) is 0 Å². The molecule has 100 valence electrons. The predicted octanol–water partition coefficient (Wildman–Crippen LogP) is 1.63. The molecular formula is C14H22N2O2. The highest BCUT2D eigenvalue weighted by atomic mass is 16.7. The summed E-state index contributed by atoms with van der Waals surface area (Å²) < 4.78 is 10.7. The smallest absolute Gasteiger partial charge is 0.231 e. The molecule has 1 aliphatic rings. The van der Waals surface area contributed by atoms with Crippen molar-refractivity contribution in [3.8, 4) is 11.5 Å². The minimum atomic E-state index is 0.0376. The second-order valence-corrected chi connectivity index (χ2v) is 5.56. The van der Waals surface area contributed by atoms with Crippen LogP contribution >= 0.6 is 0 Å². The van der Waals surface area contributed by atoms with Gasteiger partial charge in [0.05, 0.1) is 0 Å². The molecule has 1 aliphatic heterocycles. The Hall–Kier alpha value is -1.26. The van der Waals surface area contributed by atoms with E-state index in [0.717, 1.165) is 24.6 Å². The largest absolute Gasteiger partial charge is 0.454 e. The van der Waals surface area contributed by atoms with Gasteiger partial charge in [0, 0.05) is 24.5 Å². The predicted molar refractivity (Wildman–Crippen MR) is 72.1 cm³/mol. The van der Waals surface area contributed by atoms with E-state index >= 15 is 0 Å². The molecule has 0 radical (unpaired) electrons. The molecule has 1 atom stereocenters. The third-order valence-corrected chi connectivity index (χ3v) is 3.19. The average Bonchev–Trinajstić information content (AvgIpc) is 2.74. The van der Waals surface area contributed by atoms with Gasteiger partial charge in [0.2, 0.25) is 6.79 Å². The fraction of sp³-hybridized carbons (Fsp3) is 0.571. The van der Waals surface area contributed by atoms with Crippen molar-refractivity contribution in [1.29, 1.82) is 0 Å². The van der Waals surface area contributed by atoms with Gasteiger partial charge in [0.25, 0.3) is 0 Å². The molecule has 3 N–H and O–H groups in total. The molecule has 1 unspecified atom stereocenters. The van der Waals surface area contributed by atoms with Crippen LogP contribution < -0.4 is 20.5 Å². The minimum Gasteiger partial charge on any atom is -0.454 e. The van der Waals surface area contributed by atoms with Crippen LogP contribution in [0.5, 0.6) is 11.5 Å². The Kier molecular flexibility index (Phi) is 3.78. The number of nitrogens with one attached hydrogen (secondary N) is 1. The second-order valence-electron chi connectivity index (χ2n) is 5.56. The van der Waals surface area contributed by atoms with E-state index < -0.39 is 0 Å². The Balaban J connectivity index is 2.04. The molecule has 0 bridgehead atoms. The fourth-order valence-corrected chi connectivity index (χ4v) is 2.03. The van der Waals surface area contributed by atoms with Crippen molar-refractivity contribution >= 4 is 0 Å². The van der Waals surface area contributed by atoms with E-state index in [4.69, 9.17) is 15.2 Å². The van der Waals surface area contributed by atoms with Gasteiger partial charge < -0.3 is 20.5 Å². The van der Waals surface area contributed by atoms with Gasteiger partial charge in [0.1, 0.15) is 0 Å². The van der Waals surface area contributed by atoms with Crippen molar-refractivity contribution < 1.29 is 9.47 Å². The monoisotopic (exact) mass is 250 g/mol. The lowest BCUT2D eigenvalue weighted by Crippen LogP contribution is -2.38. The van der Waals surface area contributed by atoms with E-state index in [9.17, 15) is 0 Å². The zero-order chi connectivity index (χ0) is 13.2. The maximum Gasteiger partial charge on any atom is 0.231 e. The molecule has 4 heteroatoms. The molecular weight excluding hydrogens is 228 g/mol. The highest BCUT2D eigenvalue weighted by Gasteiger charge is 2.23. The summed E-state index contributed by atoms with van der Waals surface area (Å²) in [5.74, 6) is 1.67. The van der Waals surface area contributed by atoms with Crippen LogP contribution in [-0.2, 0) is 5.41 Å². The van der Waals surface area contributed by atoms with Crippen LogP contribution in [0.4, 0.5) is 0 Å². The van der Waals surface area contributed by atoms with Crippen molar-refractivity contribution in [3.05, 3.63) is 23.8 Å². The first-order chi connectivity index (χ1) is 8.49. The zero-order valence-corrected chi connectivity index (χ0v) is 11.3. The molecule has 0 aliphatic carbocycles. The van der Waals surface area contributed by atoms with Gasteiger partial charge in [-0.25, -0.2) is 0 Å². The summed E-state index contributed by atoms with van der Waals surface area (Å²) in [7, 11) is 0. The van der Waals surface area contributed by atoms with Crippen LogP contribution in [-0.4, -0.2) is 25.9 Å². The third-order valence-electron chi connectivity index (χ3n) is 3.19. The molecule has 0 saturated carbocycles. The van der Waals surface area contributed by atoms with Gasteiger partial charge in [-0.3, -0.25) is 0 Å². The number of benzene rings is 1. The summed E-state index contributed by atoms with van der Waals surface area (Å²) in [6.07, 6.45) is 0. The molecule has 0 fully saturated rings. The Bertz CT molecular complexity index is 416. The number of nitrogens with two attached hydrogens (primary N) is 1. The Morgan fingerprint density at radius 3 is 2.78 bits per heavy atom. The summed E-state index contributed by atoms with van der Waals surface area (Å²) in [6.45, 7) is 8.45. The molecule has 4 nitrogen and oxygen atoms in total. The topological polar surface area (TPSA) is 56.5 Å². The van der Waals surface area contributed by atoms with Gasteiger partial charge in [-0.1, -0.05) is 19.9 Å².